The van der Waals surface area contributed by atoms with E-state index in [0.29, 0.717) is 10.2 Å². The first-order valence-electron chi connectivity index (χ1n) is 8.60. The minimum Gasteiger partial charge on any atom is -0.422 e. The van der Waals surface area contributed by atoms with Crippen molar-refractivity contribution in [1.29, 1.82) is 0 Å². The van der Waals surface area contributed by atoms with E-state index in [1.54, 1.807) is 36.4 Å². The number of benzene rings is 1. The number of carbonyl (C=O) groups is 4. The van der Waals surface area contributed by atoms with E-state index in [1.165, 1.54) is 0 Å². The van der Waals surface area contributed by atoms with Crippen LogP contribution in [0.5, 0.6) is 0 Å². The molecule has 4 atom stereocenters. The zero-order chi connectivity index (χ0) is 20.2. The number of nitrogens with zero attached hydrogens (tertiary/aromatic N) is 1. The molecule has 8 nitrogen and oxygen atoms in total. The average Bonchev–Trinajstić information content (AvgIpc) is 3.26. The zero-order valence-corrected chi connectivity index (χ0v) is 16.5. The number of hydrogen-bond acceptors (Lipinski definition) is 7. The number of para-hydroxylation sites is 1. The second-order valence-electron chi connectivity index (χ2n) is 6.81. The molecule has 0 N–H and O–H groups in total. The van der Waals surface area contributed by atoms with Crippen molar-refractivity contribution >= 4 is 45.4 Å². The van der Waals surface area contributed by atoms with Gasteiger partial charge in [-0.15, -0.1) is 0 Å². The Kier molecular flexibility index (Phi) is 4.39. The Labute approximate surface area is 168 Å². The molecule has 0 aromatic heterocycles. The number of halogens is 1. The molecule has 1 aromatic rings. The summed E-state index contributed by atoms with van der Waals surface area (Å²) < 4.78 is 16.8. The highest BCUT2D eigenvalue weighted by molar-refractivity contribution is 9.10. The first-order valence-corrected chi connectivity index (χ1v) is 9.39. The van der Waals surface area contributed by atoms with Crippen LogP contribution >= 0.6 is 15.9 Å². The molecule has 2 saturated heterocycles. The standard InChI is InChI=1S/C19H16BrNO7/c1-9(22)26-18(27-10(2)23)19-8-7-13(28-19)14-15(19)17(25)21(16(14)24)12-6-4-3-5-11(12)20/h3-8,13-15,18H,1-2H3/t13-,14+,15-,19+/m1/s1. The van der Waals surface area contributed by atoms with Crippen molar-refractivity contribution < 1.29 is 33.4 Å². The first kappa shape index (κ1) is 18.8. The number of esters is 2. The maximum absolute atomic E-state index is 13.3. The van der Waals surface area contributed by atoms with Gasteiger partial charge in [-0.05, 0) is 34.1 Å². The van der Waals surface area contributed by atoms with Crippen molar-refractivity contribution in [3.63, 3.8) is 0 Å². The molecule has 3 aliphatic rings. The minimum absolute atomic E-state index is 0.414. The second-order valence-corrected chi connectivity index (χ2v) is 7.67. The minimum atomic E-state index is -1.55. The molecule has 0 unspecified atom stereocenters. The average molecular weight is 450 g/mol. The fourth-order valence-electron chi connectivity index (χ4n) is 4.09. The Morgan fingerprint density at radius 3 is 2.39 bits per heavy atom. The lowest BCUT2D eigenvalue weighted by molar-refractivity contribution is -0.226. The predicted molar refractivity (Wildman–Crippen MR) is 97.7 cm³/mol. The van der Waals surface area contributed by atoms with Crippen LogP contribution in [-0.4, -0.2) is 41.7 Å². The number of fused-ring (bicyclic) bond motifs is 5. The van der Waals surface area contributed by atoms with Crippen molar-refractivity contribution in [2.45, 2.75) is 31.8 Å². The van der Waals surface area contributed by atoms with E-state index in [4.69, 9.17) is 14.2 Å². The van der Waals surface area contributed by atoms with Gasteiger partial charge in [-0.1, -0.05) is 18.2 Å². The highest BCUT2D eigenvalue weighted by atomic mass is 79.9. The molecular formula is C19H16BrNO7. The van der Waals surface area contributed by atoms with Crippen LogP contribution in [0.1, 0.15) is 13.8 Å². The monoisotopic (exact) mass is 449 g/mol. The molecule has 0 saturated carbocycles. The molecule has 146 valence electrons. The number of anilines is 1. The molecule has 3 aliphatic heterocycles. The van der Waals surface area contributed by atoms with Crippen molar-refractivity contribution in [2.75, 3.05) is 4.90 Å². The summed E-state index contributed by atoms with van der Waals surface area (Å²) in [6.07, 6.45) is 1.03. The summed E-state index contributed by atoms with van der Waals surface area (Å²) in [6.45, 7) is 2.31. The van der Waals surface area contributed by atoms with Gasteiger partial charge in [-0.2, -0.15) is 0 Å². The van der Waals surface area contributed by atoms with Crippen LogP contribution in [-0.2, 0) is 33.4 Å². The zero-order valence-electron chi connectivity index (χ0n) is 15.0. The van der Waals surface area contributed by atoms with Gasteiger partial charge in [0.2, 0.25) is 11.8 Å². The molecule has 2 bridgehead atoms. The third-order valence-electron chi connectivity index (χ3n) is 5.09. The summed E-state index contributed by atoms with van der Waals surface area (Å²) in [7, 11) is 0. The molecule has 0 radical (unpaired) electrons. The summed E-state index contributed by atoms with van der Waals surface area (Å²) in [5.41, 5.74) is -1.13. The highest BCUT2D eigenvalue weighted by Crippen LogP contribution is 2.55. The van der Waals surface area contributed by atoms with Crippen molar-refractivity contribution in [1.82, 2.24) is 0 Å². The Morgan fingerprint density at radius 1 is 1.14 bits per heavy atom. The smallest absolute Gasteiger partial charge is 0.305 e. The maximum Gasteiger partial charge on any atom is 0.305 e. The van der Waals surface area contributed by atoms with Gasteiger partial charge in [0.05, 0.1) is 23.6 Å². The quantitative estimate of drug-likeness (QED) is 0.298. The van der Waals surface area contributed by atoms with Crippen LogP contribution in [0.4, 0.5) is 5.69 Å². The van der Waals surface area contributed by atoms with Gasteiger partial charge in [-0.3, -0.25) is 19.2 Å². The van der Waals surface area contributed by atoms with Gasteiger partial charge in [0, 0.05) is 18.3 Å². The van der Waals surface area contributed by atoms with Gasteiger partial charge in [0.1, 0.15) is 0 Å². The van der Waals surface area contributed by atoms with Gasteiger partial charge in [-0.25, -0.2) is 4.90 Å². The fraction of sp³-hybridized carbons (Fsp3) is 0.368. The molecule has 28 heavy (non-hydrogen) atoms. The molecule has 2 fully saturated rings. The number of imide groups is 1. The van der Waals surface area contributed by atoms with Crippen LogP contribution in [0.3, 0.4) is 0 Å². The van der Waals surface area contributed by atoms with E-state index in [2.05, 4.69) is 15.9 Å². The number of carbonyl (C=O) groups excluding carboxylic acids is 4. The summed E-state index contributed by atoms with van der Waals surface area (Å²) in [6, 6.07) is 6.87. The van der Waals surface area contributed by atoms with E-state index < -0.39 is 53.6 Å². The third kappa shape index (κ3) is 2.61. The first-order chi connectivity index (χ1) is 13.3. The second kappa shape index (κ2) is 6.52. The van der Waals surface area contributed by atoms with Crippen LogP contribution < -0.4 is 4.90 Å². The number of amides is 2. The number of ether oxygens (including phenoxy) is 3. The summed E-state index contributed by atoms with van der Waals surface area (Å²) >= 11 is 3.36. The molecule has 3 heterocycles. The molecule has 4 rings (SSSR count). The molecule has 9 heteroatoms. The van der Waals surface area contributed by atoms with Crippen molar-refractivity contribution in [3.05, 3.63) is 40.9 Å². The normalized spacial score (nSPS) is 30.1. The van der Waals surface area contributed by atoms with E-state index in [9.17, 15) is 19.2 Å². The van der Waals surface area contributed by atoms with Gasteiger partial charge in [0.25, 0.3) is 6.29 Å². The maximum atomic E-state index is 13.3. The number of hydrogen-bond donors (Lipinski definition) is 0. The third-order valence-corrected chi connectivity index (χ3v) is 5.76. The fourth-order valence-corrected chi connectivity index (χ4v) is 4.55. The largest absolute Gasteiger partial charge is 0.422 e. The molecule has 0 spiro atoms. The lowest BCUT2D eigenvalue weighted by Crippen LogP contribution is -2.52. The van der Waals surface area contributed by atoms with Crippen LogP contribution in [0.2, 0.25) is 0 Å². The van der Waals surface area contributed by atoms with Crippen LogP contribution in [0.25, 0.3) is 0 Å². The Bertz CT molecular complexity index is 913. The lowest BCUT2D eigenvalue weighted by atomic mass is 9.76. The highest BCUT2D eigenvalue weighted by Gasteiger charge is 2.72. The molecule has 1 aromatic carbocycles. The lowest BCUT2D eigenvalue weighted by Gasteiger charge is -2.34. The van der Waals surface area contributed by atoms with Crippen molar-refractivity contribution in [3.8, 4) is 0 Å². The Hall–Kier alpha value is -2.52. The van der Waals surface area contributed by atoms with Crippen LogP contribution in [0, 0.1) is 11.8 Å². The molecule has 0 aliphatic carbocycles. The molecule has 2 amide bonds. The van der Waals surface area contributed by atoms with Crippen LogP contribution in [0.15, 0.2) is 40.9 Å². The molecular weight excluding hydrogens is 434 g/mol. The Balaban J connectivity index is 1.77. The van der Waals surface area contributed by atoms with E-state index in [-0.39, 0.29) is 0 Å². The van der Waals surface area contributed by atoms with E-state index in [1.807, 2.05) is 0 Å². The summed E-state index contributed by atoms with van der Waals surface area (Å²) in [5, 5.41) is 0. The SMILES string of the molecule is CC(=O)OC(OC(C)=O)[C@@]12C=C[C@@H](O1)[C@@H]1C(=O)N(c3ccccc3Br)C(=O)[C@@H]12. The van der Waals surface area contributed by atoms with Crippen molar-refractivity contribution in [2.24, 2.45) is 11.8 Å². The van der Waals surface area contributed by atoms with E-state index >= 15 is 0 Å². The van der Waals surface area contributed by atoms with Gasteiger partial charge in [0.15, 0.2) is 5.60 Å². The topological polar surface area (TPSA) is 99.2 Å². The summed E-state index contributed by atoms with van der Waals surface area (Å²) in [4.78, 5) is 50.7. The summed E-state index contributed by atoms with van der Waals surface area (Å²) in [5.74, 6) is -4.10. The number of rotatable bonds is 4. The Morgan fingerprint density at radius 2 is 1.79 bits per heavy atom. The van der Waals surface area contributed by atoms with E-state index in [0.717, 1.165) is 18.7 Å². The predicted octanol–water partition coefficient (Wildman–Crippen LogP) is 1.71. The van der Waals surface area contributed by atoms with Gasteiger partial charge >= 0.3 is 11.9 Å². The van der Waals surface area contributed by atoms with Gasteiger partial charge < -0.3 is 14.2 Å².